The molecule has 1 rings (SSSR count). The summed E-state index contributed by atoms with van der Waals surface area (Å²) in [6.07, 6.45) is -0.00800. The van der Waals surface area contributed by atoms with Crippen molar-refractivity contribution in [3.63, 3.8) is 0 Å². The highest BCUT2D eigenvalue weighted by atomic mass is 16.4. The highest BCUT2D eigenvalue weighted by Gasteiger charge is 2.20. The largest absolute Gasteiger partial charge is 0.480 e. The zero-order valence-electron chi connectivity index (χ0n) is 10.4. The Bertz CT molecular complexity index is 456. The normalized spacial score (nSPS) is 11.9. The topological polar surface area (TPSA) is 86.6 Å². The highest BCUT2D eigenvalue weighted by Crippen LogP contribution is 2.11. The second-order valence-corrected chi connectivity index (χ2v) is 4.19. The van der Waals surface area contributed by atoms with Crippen molar-refractivity contribution in [2.24, 2.45) is 0 Å². The van der Waals surface area contributed by atoms with Crippen molar-refractivity contribution in [2.75, 3.05) is 6.61 Å². The predicted octanol–water partition coefficient (Wildman–Crippen LogP) is 0.869. The molecule has 0 saturated carbocycles. The van der Waals surface area contributed by atoms with E-state index in [1.807, 2.05) is 19.1 Å². The summed E-state index contributed by atoms with van der Waals surface area (Å²) in [7, 11) is 0. The van der Waals surface area contributed by atoms with E-state index in [1.165, 1.54) is 0 Å². The summed E-state index contributed by atoms with van der Waals surface area (Å²) in [6, 6.07) is 4.34. The summed E-state index contributed by atoms with van der Waals surface area (Å²) in [6.45, 7) is 3.36. The Morgan fingerprint density at radius 2 is 2.00 bits per heavy atom. The number of carbonyl (C=O) groups excluding carboxylic acids is 1. The first-order chi connectivity index (χ1) is 8.45. The van der Waals surface area contributed by atoms with E-state index >= 15 is 0 Å². The standard InChI is InChI=1S/C13H17NO4/c1-8-3-4-9(2)10(7-8)12(16)14-11(5-6-15)13(17)18/h3-4,7,11,15H,5-6H2,1-2H3,(H,14,16)(H,17,18)/t11-/m1/s1. The van der Waals surface area contributed by atoms with Gasteiger partial charge in [0.15, 0.2) is 0 Å². The van der Waals surface area contributed by atoms with Gasteiger partial charge in [-0.3, -0.25) is 4.79 Å². The molecule has 1 amide bonds. The lowest BCUT2D eigenvalue weighted by Gasteiger charge is -2.14. The molecule has 0 aliphatic carbocycles. The predicted molar refractivity (Wildman–Crippen MR) is 66.5 cm³/mol. The number of benzene rings is 1. The summed E-state index contributed by atoms with van der Waals surface area (Å²) >= 11 is 0. The molecular formula is C13H17NO4. The van der Waals surface area contributed by atoms with Crippen molar-refractivity contribution < 1.29 is 19.8 Å². The van der Waals surface area contributed by atoms with Crippen LogP contribution >= 0.6 is 0 Å². The lowest BCUT2D eigenvalue weighted by molar-refractivity contribution is -0.139. The van der Waals surface area contributed by atoms with E-state index in [9.17, 15) is 9.59 Å². The number of rotatable bonds is 5. The Hall–Kier alpha value is -1.88. The molecule has 0 fully saturated rings. The Balaban J connectivity index is 2.86. The number of carboxylic acid groups (broad SMARTS) is 1. The molecule has 0 aliphatic heterocycles. The van der Waals surface area contributed by atoms with Crippen LogP contribution in [0.25, 0.3) is 0 Å². The molecule has 5 nitrogen and oxygen atoms in total. The molecule has 0 heterocycles. The third kappa shape index (κ3) is 3.56. The first-order valence-electron chi connectivity index (χ1n) is 5.67. The lowest BCUT2D eigenvalue weighted by Crippen LogP contribution is -2.41. The number of carbonyl (C=O) groups is 2. The van der Waals surface area contributed by atoms with Gasteiger partial charge in [0.1, 0.15) is 6.04 Å². The highest BCUT2D eigenvalue weighted by molar-refractivity contribution is 5.97. The SMILES string of the molecule is Cc1ccc(C)c(C(=O)N[C@H](CCO)C(=O)O)c1. The van der Waals surface area contributed by atoms with Crippen molar-refractivity contribution in [1.29, 1.82) is 0 Å². The minimum Gasteiger partial charge on any atom is -0.480 e. The van der Waals surface area contributed by atoms with Gasteiger partial charge < -0.3 is 15.5 Å². The average Bonchev–Trinajstić information content (AvgIpc) is 2.31. The van der Waals surface area contributed by atoms with Gasteiger partial charge in [-0.05, 0) is 25.5 Å². The molecule has 1 atom stereocenters. The Morgan fingerprint density at radius 3 is 2.56 bits per heavy atom. The third-order valence-electron chi connectivity index (χ3n) is 2.66. The monoisotopic (exact) mass is 251 g/mol. The van der Waals surface area contributed by atoms with Crippen LogP contribution < -0.4 is 5.32 Å². The van der Waals surface area contributed by atoms with Gasteiger partial charge in [0, 0.05) is 18.6 Å². The molecule has 1 aromatic carbocycles. The molecule has 0 unspecified atom stereocenters. The fourth-order valence-corrected chi connectivity index (χ4v) is 1.60. The number of nitrogens with one attached hydrogen (secondary N) is 1. The molecule has 3 N–H and O–H groups in total. The molecule has 0 radical (unpaired) electrons. The maximum Gasteiger partial charge on any atom is 0.326 e. The van der Waals surface area contributed by atoms with Crippen molar-refractivity contribution in [3.05, 3.63) is 34.9 Å². The number of aryl methyl sites for hydroxylation is 2. The molecule has 18 heavy (non-hydrogen) atoms. The molecular weight excluding hydrogens is 234 g/mol. The molecule has 5 heteroatoms. The summed E-state index contributed by atoms with van der Waals surface area (Å²) in [5, 5.41) is 20.1. The van der Waals surface area contributed by atoms with Gasteiger partial charge in [-0.15, -0.1) is 0 Å². The quantitative estimate of drug-likeness (QED) is 0.724. The van der Waals surface area contributed by atoms with Crippen LogP contribution in [0.15, 0.2) is 18.2 Å². The van der Waals surface area contributed by atoms with Crippen molar-refractivity contribution in [3.8, 4) is 0 Å². The molecule has 1 aromatic rings. The Morgan fingerprint density at radius 1 is 1.33 bits per heavy atom. The van der Waals surface area contributed by atoms with Gasteiger partial charge in [-0.2, -0.15) is 0 Å². The van der Waals surface area contributed by atoms with Crippen LogP contribution in [0.3, 0.4) is 0 Å². The number of hydrogen-bond donors (Lipinski definition) is 3. The van der Waals surface area contributed by atoms with Crippen LogP contribution in [-0.4, -0.2) is 34.7 Å². The Labute approximate surface area is 105 Å². The van der Waals surface area contributed by atoms with Crippen LogP contribution in [-0.2, 0) is 4.79 Å². The zero-order valence-corrected chi connectivity index (χ0v) is 10.4. The number of aliphatic hydroxyl groups is 1. The number of carboxylic acids is 1. The van der Waals surface area contributed by atoms with Crippen molar-refractivity contribution >= 4 is 11.9 Å². The minimum absolute atomic E-state index is 0.00800. The lowest BCUT2D eigenvalue weighted by atomic mass is 10.0. The van der Waals surface area contributed by atoms with Gasteiger partial charge in [0.2, 0.25) is 0 Å². The van der Waals surface area contributed by atoms with Crippen molar-refractivity contribution in [2.45, 2.75) is 26.3 Å². The number of aliphatic hydroxyl groups excluding tert-OH is 1. The second-order valence-electron chi connectivity index (χ2n) is 4.19. The van der Waals surface area contributed by atoms with E-state index in [-0.39, 0.29) is 13.0 Å². The number of aliphatic carboxylic acids is 1. The molecule has 98 valence electrons. The van der Waals surface area contributed by atoms with Gasteiger partial charge in [-0.25, -0.2) is 4.79 Å². The van der Waals surface area contributed by atoms with Gasteiger partial charge >= 0.3 is 5.97 Å². The van der Waals surface area contributed by atoms with Crippen LogP contribution in [0.4, 0.5) is 0 Å². The molecule has 0 bridgehead atoms. The van der Waals surface area contributed by atoms with E-state index < -0.39 is 17.9 Å². The van der Waals surface area contributed by atoms with Crippen LogP contribution in [0.2, 0.25) is 0 Å². The van der Waals surface area contributed by atoms with E-state index in [0.717, 1.165) is 11.1 Å². The number of amides is 1. The van der Waals surface area contributed by atoms with E-state index in [0.29, 0.717) is 5.56 Å². The number of hydrogen-bond acceptors (Lipinski definition) is 3. The first kappa shape index (κ1) is 14.2. The van der Waals surface area contributed by atoms with E-state index in [2.05, 4.69) is 5.32 Å². The fraction of sp³-hybridized carbons (Fsp3) is 0.385. The van der Waals surface area contributed by atoms with Crippen molar-refractivity contribution in [1.82, 2.24) is 5.32 Å². The zero-order chi connectivity index (χ0) is 13.7. The molecule has 0 aromatic heterocycles. The average molecular weight is 251 g/mol. The van der Waals surface area contributed by atoms with Crippen LogP contribution in [0.1, 0.15) is 27.9 Å². The molecule has 0 saturated heterocycles. The van der Waals surface area contributed by atoms with Crippen LogP contribution in [0, 0.1) is 13.8 Å². The summed E-state index contributed by atoms with van der Waals surface area (Å²) in [4.78, 5) is 22.8. The van der Waals surface area contributed by atoms with Gasteiger partial charge in [-0.1, -0.05) is 17.7 Å². The summed E-state index contributed by atoms with van der Waals surface area (Å²) in [5.41, 5.74) is 2.17. The first-order valence-corrected chi connectivity index (χ1v) is 5.67. The molecule has 0 spiro atoms. The smallest absolute Gasteiger partial charge is 0.326 e. The maximum atomic E-state index is 12.0. The summed E-state index contributed by atoms with van der Waals surface area (Å²) < 4.78 is 0. The summed E-state index contributed by atoms with van der Waals surface area (Å²) in [5.74, 6) is -1.58. The van der Waals surface area contributed by atoms with E-state index in [1.54, 1.807) is 13.0 Å². The van der Waals surface area contributed by atoms with E-state index in [4.69, 9.17) is 10.2 Å². The minimum atomic E-state index is -1.15. The second kappa shape index (κ2) is 6.16. The van der Waals surface area contributed by atoms with Crippen LogP contribution in [0.5, 0.6) is 0 Å². The van der Waals surface area contributed by atoms with Gasteiger partial charge in [0.25, 0.3) is 5.91 Å². The Kier molecular flexibility index (Phi) is 4.85. The fourth-order valence-electron chi connectivity index (χ4n) is 1.60. The maximum absolute atomic E-state index is 12.0. The molecule has 0 aliphatic rings. The van der Waals surface area contributed by atoms with Gasteiger partial charge in [0.05, 0.1) is 0 Å². The third-order valence-corrected chi connectivity index (χ3v) is 2.66.